The first-order valence-electron chi connectivity index (χ1n) is 7.62. The molecule has 1 spiro atoms. The number of hydrogen-bond donors (Lipinski definition) is 0. The fourth-order valence-corrected chi connectivity index (χ4v) is 5.86. The Morgan fingerprint density at radius 1 is 1.16 bits per heavy atom. The van der Waals surface area contributed by atoms with Crippen LogP contribution in [-0.2, 0) is 14.4 Å². The van der Waals surface area contributed by atoms with Crippen molar-refractivity contribution in [3.05, 3.63) is 0 Å². The zero-order valence-electron chi connectivity index (χ0n) is 11.8. The monoisotopic (exact) mass is 265 g/mol. The quantitative estimate of drug-likeness (QED) is 0.680. The molecular formula is C15H23NO3. The largest absolute Gasteiger partial charge is 0.467 e. The minimum absolute atomic E-state index is 0.117. The first-order valence-corrected chi connectivity index (χ1v) is 7.62. The van der Waals surface area contributed by atoms with Gasteiger partial charge in [-0.3, -0.25) is 4.84 Å². The summed E-state index contributed by atoms with van der Waals surface area (Å²) >= 11 is 0. The Morgan fingerprint density at radius 2 is 1.74 bits per heavy atom. The molecule has 5 aliphatic rings. The van der Waals surface area contributed by atoms with Crippen molar-refractivity contribution >= 4 is 5.97 Å². The molecule has 4 aliphatic carbocycles. The molecule has 5 rings (SSSR count). The minimum Gasteiger partial charge on any atom is -0.467 e. The van der Waals surface area contributed by atoms with Crippen molar-refractivity contribution in [2.45, 2.75) is 50.2 Å². The van der Waals surface area contributed by atoms with Gasteiger partial charge in [0.2, 0.25) is 0 Å². The highest BCUT2D eigenvalue weighted by atomic mass is 16.7. The normalized spacial score (nSPS) is 52.0. The molecule has 1 aliphatic heterocycles. The van der Waals surface area contributed by atoms with Crippen LogP contribution in [-0.4, -0.2) is 36.8 Å². The Bertz CT molecular complexity index is 380. The highest BCUT2D eigenvalue weighted by Gasteiger charge is 2.63. The lowest BCUT2D eigenvalue weighted by Crippen LogP contribution is -2.62. The van der Waals surface area contributed by atoms with Crippen LogP contribution in [0.4, 0.5) is 0 Å². The highest BCUT2D eigenvalue weighted by molar-refractivity contribution is 5.75. The number of nitrogens with zero attached hydrogens (tertiary/aromatic N) is 1. The summed E-state index contributed by atoms with van der Waals surface area (Å²) in [4.78, 5) is 17.7. The van der Waals surface area contributed by atoms with Crippen molar-refractivity contribution in [1.82, 2.24) is 5.06 Å². The second-order valence-electron chi connectivity index (χ2n) is 7.11. The third-order valence-corrected chi connectivity index (χ3v) is 6.40. The van der Waals surface area contributed by atoms with E-state index in [-0.39, 0.29) is 17.6 Å². The van der Waals surface area contributed by atoms with E-state index in [9.17, 15) is 4.79 Å². The molecular weight excluding hydrogens is 242 g/mol. The molecule has 4 saturated carbocycles. The lowest BCUT2D eigenvalue weighted by molar-refractivity contribution is -0.230. The molecule has 1 unspecified atom stereocenters. The Morgan fingerprint density at radius 3 is 2.26 bits per heavy atom. The Labute approximate surface area is 114 Å². The zero-order chi connectivity index (χ0) is 13.2. The molecule has 0 aromatic rings. The topological polar surface area (TPSA) is 38.8 Å². The predicted molar refractivity (Wildman–Crippen MR) is 69.0 cm³/mol. The Kier molecular flexibility index (Phi) is 2.53. The summed E-state index contributed by atoms with van der Waals surface area (Å²) in [6.45, 7) is 0. The van der Waals surface area contributed by atoms with Gasteiger partial charge >= 0.3 is 5.97 Å². The summed E-state index contributed by atoms with van der Waals surface area (Å²) < 4.78 is 4.88. The maximum Gasteiger partial charge on any atom is 0.337 e. The second kappa shape index (κ2) is 3.95. The van der Waals surface area contributed by atoms with Crippen LogP contribution in [0.15, 0.2) is 0 Å². The van der Waals surface area contributed by atoms with E-state index >= 15 is 0 Å². The van der Waals surface area contributed by atoms with Crippen LogP contribution in [0.2, 0.25) is 0 Å². The number of carbonyl (C=O) groups excluding carboxylic acids is 1. The zero-order valence-corrected chi connectivity index (χ0v) is 11.8. The van der Waals surface area contributed by atoms with Gasteiger partial charge in [-0.15, -0.1) is 0 Å². The van der Waals surface area contributed by atoms with Gasteiger partial charge in [-0.05, 0) is 55.8 Å². The average Bonchev–Trinajstić information content (AvgIpc) is 2.73. The van der Waals surface area contributed by atoms with Crippen molar-refractivity contribution in [1.29, 1.82) is 0 Å². The molecule has 5 fully saturated rings. The Hall–Kier alpha value is -0.610. The molecule has 1 saturated heterocycles. The van der Waals surface area contributed by atoms with E-state index < -0.39 is 0 Å². The third kappa shape index (κ3) is 1.50. The fraction of sp³-hybridized carbons (Fsp3) is 0.933. The first-order chi connectivity index (χ1) is 9.13. The summed E-state index contributed by atoms with van der Waals surface area (Å²) in [7, 11) is 3.48. The van der Waals surface area contributed by atoms with E-state index in [1.165, 1.54) is 39.2 Å². The number of rotatable bonds is 1. The molecule has 0 radical (unpaired) electrons. The molecule has 4 bridgehead atoms. The number of hydrogen-bond acceptors (Lipinski definition) is 4. The lowest BCUT2D eigenvalue weighted by atomic mass is 9.47. The van der Waals surface area contributed by atoms with Gasteiger partial charge in [-0.25, -0.2) is 4.79 Å². The number of carbonyl (C=O) groups is 1. The van der Waals surface area contributed by atoms with Gasteiger partial charge in [0.15, 0.2) is 6.10 Å². The highest BCUT2D eigenvalue weighted by Crippen LogP contribution is 2.62. The SMILES string of the molecule is COC(=O)C1CC2(C3CC4CC(C3)CC2C4)N(C)O1. The van der Waals surface area contributed by atoms with Gasteiger partial charge in [0.25, 0.3) is 0 Å². The van der Waals surface area contributed by atoms with Gasteiger partial charge < -0.3 is 4.74 Å². The maximum atomic E-state index is 11.8. The van der Waals surface area contributed by atoms with Gasteiger partial charge in [-0.2, -0.15) is 5.06 Å². The number of esters is 1. The van der Waals surface area contributed by atoms with Gasteiger partial charge in [0, 0.05) is 13.5 Å². The van der Waals surface area contributed by atoms with E-state index in [0.717, 1.165) is 30.1 Å². The van der Waals surface area contributed by atoms with Crippen LogP contribution >= 0.6 is 0 Å². The average molecular weight is 265 g/mol. The maximum absolute atomic E-state index is 11.8. The number of ether oxygens (including phenoxy) is 1. The second-order valence-corrected chi connectivity index (χ2v) is 7.11. The third-order valence-electron chi connectivity index (χ3n) is 6.40. The van der Waals surface area contributed by atoms with Crippen molar-refractivity contribution < 1.29 is 14.4 Å². The molecule has 1 atom stereocenters. The van der Waals surface area contributed by atoms with E-state index in [2.05, 4.69) is 0 Å². The Balaban J connectivity index is 1.65. The van der Waals surface area contributed by atoms with Gasteiger partial charge in [0.05, 0.1) is 12.6 Å². The summed E-state index contributed by atoms with van der Waals surface area (Å²) in [6, 6.07) is 0. The van der Waals surface area contributed by atoms with Crippen molar-refractivity contribution in [2.24, 2.45) is 23.7 Å². The number of methoxy groups -OCH3 is 1. The van der Waals surface area contributed by atoms with E-state index in [1.54, 1.807) is 0 Å². The molecule has 106 valence electrons. The molecule has 19 heavy (non-hydrogen) atoms. The van der Waals surface area contributed by atoms with Crippen LogP contribution in [0.1, 0.15) is 38.5 Å². The van der Waals surface area contributed by atoms with E-state index in [1.807, 2.05) is 12.1 Å². The number of hydroxylamine groups is 2. The van der Waals surface area contributed by atoms with Crippen molar-refractivity contribution in [3.8, 4) is 0 Å². The summed E-state index contributed by atoms with van der Waals surface area (Å²) in [5, 5.41) is 2.04. The van der Waals surface area contributed by atoms with Crippen LogP contribution in [0, 0.1) is 23.7 Å². The molecule has 4 heteroatoms. The van der Waals surface area contributed by atoms with E-state index in [4.69, 9.17) is 9.57 Å². The molecule has 4 nitrogen and oxygen atoms in total. The lowest BCUT2D eigenvalue weighted by Gasteiger charge is -2.61. The predicted octanol–water partition coefficient (Wildman–Crippen LogP) is 1.99. The molecule has 0 amide bonds. The molecule has 0 aromatic carbocycles. The van der Waals surface area contributed by atoms with Crippen LogP contribution in [0.25, 0.3) is 0 Å². The van der Waals surface area contributed by atoms with Gasteiger partial charge in [-0.1, -0.05) is 0 Å². The van der Waals surface area contributed by atoms with Crippen molar-refractivity contribution in [3.63, 3.8) is 0 Å². The molecule has 0 aromatic heterocycles. The standard InChI is InChI=1S/C15H23NO3/c1-16-15(8-13(19-16)14(17)18-2)11-4-9-3-10(6-11)7-12(15)5-9/h9-13H,3-8H2,1-2H3. The fourth-order valence-electron chi connectivity index (χ4n) is 5.86. The summed E-state index contributed by atoms with van der Waals surface area (Å²) in [5.74, 6) is 3.13. The van der Waals surface area contributed by atoms with Crippen LogP contribution < -0.4 is 0 Å². The van der Waals surface area contributed by atoms with Gasteiger partial charge in [0.1, 0.15) is 0 Å². The first kappa shape index (κ1) is 12.2. The molecule has 0 N–H and O–H groups in total. The summed E-state index contributed by atoms with van der Waals surface area (Å²) in [6.07, 6.45) is 7.28. The molecule has 1 heterocycles. The van der Waals surface area contributed by atoms with Crippen molar-refractivity contribution in [2.75, 3.05) is 14.2 Å². The smallest absolute Gasteiger partial charge is 0.337 e. The van der Waals surface area contributed by atoms with Crippen LogP contribution in [0.5, 0.6) is 0 Å². The van der Waals surface area contributed by atoms with E-state index in [0.29, 0.717) is 0 Å². The summed E-state index contributed by atoms with van der Waals surface area (Å²) in [5.41, 5.74) is 0.117. The minimum atomic E-state index is -0.382. The van der Waals surface area contributed by atoms with Crippen LogP contribution in [0.3, 0.4) is 0 Å².